The minimum Gasteiger partial charge on any atom is -0.258 e. The maximum absolute atomic E-state index is 14.0. The van der Waals surface area contributed by atoms with E-state index in [9.17, 15) is 14.5 Å². The fourth-order valence-corrected chi connectivity index (χ4v) is 4.29. The van der Waals surface area contributed by atoms with E-state index in [4.69, 9.17) is 0 Å². The quantitative estimate of drug-likeness (QED) is 0.223. The SMILES string of the molecule is C=CCC(CCc1cc(F)ccc1C(=C)C1CCC1)CCc1ccccc1[N+](=O)[O-]. The number of hydrogen-bond donors (Lipinski definition) is 0. The molecular weight excluding hydrogens is 377 g/mol. The number of nitro groups is 1. The molecule has 0 aliphatic heterocycles. The summed E-state index contributed by atoms with van der Waals surface area (Å²) < 4.78 is 14.0. The zero-order valence-corrected chi connectivity index (χ0v) is 17.5. The van der Waals surface area contributed by atoms with Gasteiger partial charge in [0.2, 0.25) is 0 Å². The third kappa shape index (κ3) is 5.44. The van der Waals surface area contributed by atoms with Crippen LogP contribution in [0.3, 0.4) is 0 Å². The van der Waals surface area contributed by atoms with Gasteiger partial charge in [-0.05, 0) is 85.6 Å². The van der Waals surface area contributed by atoms with Gasteiger partial charge in [0.15, 0.2) is 0 Å². The Morgan fingerprint density at radius 1 is 1.17 bits per heavy atom. The van der Waals surface area contributed by atoms with Gasteiger partial charge in [0.05, 0.1) is 4.92 Å². The van der Waals surface area contributed by atoms with Crippen molar-refractivity contribution in [3.8, 4) is 0 Å². The second kappa shape index (κ2) is 10.3. The second-order valence-electron chi connectivity index (χ2n) is 8.31. The fourth-order valence-electron chi connectivity index (χ4n) is 4.29. The average Bonchev–Trinajstić information content (AvgIpc) is 2.69. The Labute approximate surface area is 178 Å². The van der Waals surface area contributed by atoms with Crippen LogP contribution in [0.15, 0.2) is 61.7 Å². The lowest BCUT2D eigenvalue weighted by molar-refractivity contribution is -0.385. The smallest absolute Gasteiger partial charge is 0.258 e. The molecule has 0 bridgehead atoms. The second-order valence-corrected chi connectivity index (χ2v) is 8.31. The molecule has 4 heteroatoms. The van der Waals surface area contributed by atoms with Crippen molar-refractivity contribution in [3.05, 3.63) is 94.3 Å². The summed E-state index contributed by atoms with van der Waals surface area (Å²) in [5, 5.41) is 11.3. The highest BCUT2D eigenvalue weighted by atomic mass is 19.1. The van der Waals surface area contributed by atoms with Crippen molar-refractivity contribution in [1.82, 2.24) is 0 Å². The van der Waals surface area contributed by atoms with E-state index in [0.717, 1.165) is 47.9 Å². The Balaban J connectivity index is 1.68. The van der Waals surface area contributed by atoms with Crippen molar-refractivity contribution < 1.29 is 9.31 Å². The number of halogens is 1. The van der Waals surface area contributed by atoms with E-state index in [1.54, 1.807) is 18.2 Å². The van der Waals surface area contributed by atoms with Gasteiger partial charge in [0, 0.05) is 11.6 Å². The molecule has 0 aromatic heterocycles. The Kier molecular flexibility index (Phi) is 7.56. The first-order chi connectivity index (χ1) is 14.5. The summed E-state index contributed by atoms with van der Waals surface area (Å²) in [5.74, 6) is 0.655. The summed E-state index contributed by atoms with van der Waals surface area (Å²) in [6.45, 7) is 8.18. The van der Waals surface area contributed by atoms with Crippen LogP contribution in [0.2, 0.25) is 0 Å². The summed E-state index contributed by atoms with van der Waals surface area (Å²) in [5.41, 5.74) is 4.20. The first-order valence-electron chi connectivity index (χ1n) is 10.8. The molecule has 1 aliphatic rings. The Morgan fingerprint density at radius 2 is 1.87 bits per heavy atom. The normalized spacial score (nSPS) is 14.7. The van der Waals surface area contributed by atoms with E-state index in [0.29, 0.717) is 18.3 Å². The number of rotatable bonds is 11. The van der Waals surface area contributed by atoms with Crippen molar-refractivity contribution in [2.45, 2.75) is 51.4 Å². The molecule has 2 aromatic carbocycles. The van der Waals surface area contributed by atoms with Gasteiger partial charge in [-0.2, -0.15) is 0 Å². The summed E-state index contributed by atoms with van der Waals surface area (Å²) in [7, 11) is 0. The average molecular weight is 408 g/mol. The van der Waals surface area contributed by atoms with Crippen molar-refractivity contribution in [3.63, 3.8) is 0 Å². The van der Waals surface area contributed by atoms with Crippen LogP contribution < -0.4 is 0 Å². The van der Waals surface area contributed by atoms with Crippen LogP contribution in [-0.4, -0.2) is 4.92 Å². The number of para-hydroxylation sites is 1. The van der Waals surface area contributed by atoms with Crippen LogP contribution >= 0.6 is 0 Å². The molecule has 158 valence electrons. The first-order valence-corrected chi connectivity index (χ1v) is 10.8. The molecule has 0 amide bonds. The molecule has 1 aliphatic carbocycles. The lowest BCUT2D eigenvalue weighted by Gasteiger charge is -2.29. The molecule has 30 heavy (non-hydrogen) atoms. The third-order valence-electron chi connectivity index (χ3n) is 6.34. The van der Waals surface area contributed by atoms with Crippen LogP contribution in [0.4, 0.5) is 10.1 Å². The van der Waals surface area contributed by atoms with Crippen LogP contribution in [0.25, 0.3) is 5.57 Å². The molecule has 0 N–H and O–H groups in total. The molecule has 1 unspecified atom stereocenters. The van der Waals surface area contributed by atoms with Crippen molar-refractivity contribution in [1.29, 1.82) is 0 Å². The number of nitro benzene ring substituents is 1. The van der Waals surface area contributed by atoms with E-state index >= 15 is 0 Å². The predicted molar refractivity (Wildman–Crippen MR) is 121 cm³/mol. The van der Waals surface area contributed by atoms with Gasteiger partial charge in [-0.15, -0.1) is 6.58 Å². The van der Waals surface area contributed by atoms with Gasteiger partial charge in [0.25, 0.3) is 5.69 Å². The molecule has 0 spiro atoms. The molecule has 3 nitrogen and oxygen atoms in total. The van der Waals surface area contributed by atoms with Crippen molar-refractivity contribution >= 4 is 11.3 Å². The molecule has 1 saturated carbocycles. The minimum absolute atomic E-state index is 0.180. The monoisotopic (exact) mass is 407 g/mol. The first kappa shape index (κ1) is 21.9. The summed E-state index contributed by atoms with van der Waals surface area (Å²) in [6, 6.07) is 12.0. The third-order valence-corrected chi connectivity index (χ3v) is 6.34. The van der Waals surface area contributed by atoms with Crippen LogP contribution in [0.5, 0.6) is 0 Å². The molecule has 0 saturated heterocycles. The zero-order valence-electron chi connectivity index (χ0n) is 17.5. The number of allylic oxidation sites excluding steroid dienone is 2. The van der Waals surface area contributed by atoms with Crippen molar-refractivity contribution in [2.75, 3.05) is 0 Å². The zero-order chi connectivity index (χ0) is 21.5. The number of benzene rings is 2. The number of nitrogens with zero attached hydrogens (tertiary/aromatic N) is 1. The maximum Gasteiger partial charge on any atom is 0.272 e. The van der Waals surface area contributed by atoms with Gasteiger partial charge in [0.1, 0.15) is 5.82 Å². The van der Waals surface area contributed by atoms with Crippen LogP contribution in [-0.2, 0) is 12.8 Å². The van der Waals surface area contributed by atoms with Gasteiger partial charge in [-0.3, -0.25) is 10.1 Å². The molecule has 1 fully saturated rings. The van der Waals surface area contributed by atoms with E-state index in [1.807, 2.05) is 24.3 Å². The lowest BCUT2D eigenvalue weighted by Crippen LogP contribution is -2.14. The lowest BCUT2D eigenvalue weighted by atomic mass is 9.76. The van der Waals surface area contributed by atoms with Crippen LogP contribution in [0, 0.1) is 27.8 Å². The Hall–Kier alpha value is -2.75. The largest absolute Gasteiger partial charge is 0.272 e. The van der Waals surface area contributed by atoms with Gasteiger partial charge in [-0.1, -0.05) is 43.3 Å². The minimum atomic E-state index is -0.317. The molecule has 1 atom stereocenters. The molecule has 3 rings (SSSR count). The van der Waals surface area contributed by atoms with E-state index < -0.39 is 0 Å². The standard InChI is InChI=1S/C26H30FNO2/c1-3-7-20(12-14-22-8-4-5-11-26(22)28(29)30)13-15-23-18-24(27)16-17-25(23)19(2)21-9-6-10-21/h3-5,8,11,16-18,20-21H,1-2,6-7,9-10,12-15H2. The van der Waals surface area contributed by atoms with Crippen molar-refractivity contribution in [2.24, 2.45) is 11.8 Å². The molecule has 2 aromatic rings. The van der Waals surface area contributed by atoms with Crippen LogP contribution in [0.1, 0.15) is 55.2 Å². The van der Waals surface area contributed by atoms with Gasteiger partial charge < -0.3 is 0 Å². The highest BCUT2D eigenvalue weighted by molar-refractivity contribution is 5.68. The van der Waals surface area contributed by atoms with Gasteiger partial charge >= 0.3 is 0 Å². The number of hydrogen-bond acceptors (Lipinski definition) is 2. The van der Waals surface area contributed by atoms with E-state index in [1.165, 1.54) is 25.3 Å². The Morgan fingerprint density at radius 3 is 2.50 bits per heavy atom. The van der Waals surface area contributed by atoms with Gasteiger partial charge in [-0.25, -0.2) is 4.39 Å². The molecule has 0 heterocycles. The summed E-state index contributed by atoms with van der Waals surface area (Å²) in [4.78, 5) is 10.9. The predicted octanol–water partition coefficient (Wildman–Crippen LogP) is 7.30. The topological polar surface area (TPSA) is 43.1 Å². The maximum atomic E-state index is 14.0. The summed E-state index contributed by atoms with van der Waals surface area (Å²) >= 11 is 0. The molecular formula is C26H30FNO2. The fraction of sp³-hybridized carbons (Fsp3) is 0.385. The number of aryl methyl sites for hydroxylation is 2. The highest BCUT2D eigenvalue weighted by Crippen LogP contribution is 2.39. The van der Waals surface area contributed by atoms with E-state index in [2.05, 4.69) is 13.2 Å². The van der Waals surface area contributed by atoms with E-state index in [-0.39, 0.29) is 16.4 Å². The summed E-state index contributed by atoms with van der Waals surface area (Å²) in [6.07, 6.45) is 9.49. The highest BCUT2D eigenvalue weighted by Gasteiger charge is 2.23. The molecule has 0 radical (unpaired) electrons. The Bertz CT molecular complexity index is 917.